The minimum absolute atomic E-state index is 0.00257. The van der Waals surface area contributed by atoms with Crippen LogP contribution in [-0.2, 0) is 4.79 Å². The van der Waals surface area contributed by atoms with Crippen LogP contribution in [-0.4, -0.2) is 35.0 Å². The Bertz CT molecular complexity index is 558. The molecule has 1 unspecified atom stereocenters. The molecule has 1 aromatic rings. The minimum atomic E-state index is -1.08. The van der Waals surface area contributed by atoms with Gasteiger partial charge in [-0.15, -0.1) is 0 Å². The van der Waals surface area contributed by atoms with Gasteiger partial charge in [-0.05, 0) is 18.6 Å². The SMILES string of the molecule is CCC(C(=O)O)N(C)c1ccc(C(N)=O)cc1[N+](=O)[O-]. The number of anilines is 1. The lowest BCUT2D eigenvalue weighted by atomic mass is 10.1. The van der Waals surface area contributed by atoms with Crippen LogP contribution in [0.2, 0.25) is 0 Å². The van der Waals surface area contributed by atoms with Gasteiger partial charge in [0.05, 0.1) is 4.92 Å². The maximum atomic E-state index is 11.1. The molecule has 0 aliphatic rings. The molecule has 1 atom stereocenters. The minimum Gasteiger partial charge on any atom is -0.480 e. The lowest BCUT2D eigenvalue weighted by Gasteiger charge is -2.25. The van der Waals surface area contributed by atoms with Gasteiger partial charge in [0.25, 0.3) is 5.69 Å². The number of carbonyl (C=O) groups is 2. The summed E-state index contributed by atoms with van der Waals surface area (Å²) in [6, 6.07) is 2.80. The third-order valence-corrected chi connectivity index (χ3v) is 2.98. The Morgan fingerprint density at radius 2 is 2.10 bits per heavy atom. The second-order valence-corrected chi connectivity index (χ2v) is 4.20. The van der Waals surface area contributed by atoms with Gasteiger partial charge < -0.3 is 15.7 Å². The number of carboxylic acids is 1. The normalized spacial score (nSPS) is 11.7. The molecule has 0 saturated heterocycles. The van der Waals surface area contributed by atoms with E-state index in [0.717, 1.165) is 6.07 Å². The smallest absolute Gasteiger partial charge is 0.326 e. The number of benzene rings is 1. The molecule has 8 heteroatoms. The Labute approximate surface area is 114 Å². The summed E-state index contributed by atoms with van der Waals surface area (Å²) in [7, 11) is 1.45. The number of aliphatic carboxylic acids is 1. The van der Waals surface area contributed by atoms with Crippen LogP contribution < -0.4 is 10.6 Å². The first-order chi connectivity index (χ1) is 9.29. The van der Waals surface area contributed by atoms with Gasteiger partial charge >= 0.3 is 5.97 Å². The van der Waals surface area contributed by atoms with Crippen LogP contribution in [0.25, 0.3) is 0 Å². The van der Waals surface area contributed by atoms with Crippen LogP contribution in [0.3, 0.4) is 0 Å². The number of rotatable bonds is 6. The van der Waals surface area contributed by atoms with E-state index in [-0.39, 0.29) is 23.4 Å². The molecular weight excluding hydrogens is 266 g/mol. The van der Waals surface area contributed by atoms with Crippen molar-refractivity contribution >= 4 is 23.3 Å². The molecule has 0 fully saturated rings. The molecule has 20 heavy (non-hydrogen) atoms. The number of nitro groups is 1. The van der Waals surface area contributed by atoms with Gasteiger partial charge in [0.1, 0.15) is 11.7 Å². The van der Waals surface area contributed by atoms with Gasteiger partial charge in [-0.2, -0.15) is 0 Å². The van der Waals surface area contributed by atoms with E-state index in [9.17, 15) is 19.7 Å². The molecular formula is C12H15N3O5. The van der Waals surface area contributed by atoms with E-state index in [4.69, 9.17) is 10.8 Å². The van der Waals surface area contributed by atoms with Gasteiger partial charge in [0.15, 0.2) is 0 Å². The van der Waals surface area contributed by atoms with Crippen molar-refractivity contribution in [3.8, 4) is 0 Å². The van der Waals surface area contributed by atoms with Crippen molar-refractivity contribution < 1.29 is 19.6 Å². The number of nitro benzene ring substituents is 1. The second-order valence-electron chi connectivity index (χ2n) is 4.20. The monoisotopic (exact) mass is 281 g/mol. The number of carboxylic acid groups (broad SMARTS) is 1. The van der Waals surface area contributed by atoms with E-state index in [1.165, 1.54) is 24.1 Å². The highest BCUT2D eigenvalue weighted by Crippen LogP contribution is 2.30. The summed E-state index contributed by atoms with van der Waals surface area (Å²) in [6.45, 7) is 1.67. The number of hydrogen-bond donors (Lipinski definition) is 2. The molecule has 108 valence electrons. The van der Waals surface area contributed by atoms with Crippen molar-refractivity contribution in [1.29, 1.82) is 0 Å². The number of carbonyl (C=O) groups excluding carboxylic acids is 1. The van der Waals surface area contributed by atoms with Crippen LogP contribution in [0, 0.1) is 10.1 Å². The molecule has 0 aliphatic heterocycles. The summed E-state index contributed by atoms with van der Waals surface area (Å²) in [6.07, 6.45) is 0.278. The molecule has 0 radical (unpaired) electrons. The Morgan fingerprint density at radius 3 is 2.50 bits per heavy atom. The zero-order chi connectivity index (χ0) is 15.4. The Kier molecular flexibility index (Phi) is 4.63. The molecule has 0 bridgehead atoms. The fraction of sp³-hybridized carbons (Fsp3) is 0.333. The van der Waals surface area contributed by atoms with Crippen LogP contribution in [0.15, 0.2) is 18.2 Å². The summed E-state index contributed by atoms with van der Waals surface area (Å²) in [4.78, 5) is 33.8. The third kappa shape index (κ3) is 3.02. The van der Waals surface area contributed by atoms with Gasteiger partial charge in [-0.25, -0.2) is 4.79 Å². The fourth-order valence-corrected chi connectivity index (χ4v) is 1.90. The highest BCUT2D eigenvalue weighted by molar-refractivity contribution is 5.94. The van der Waals surface area contributed by atoms with E-state index in [2.05, 4.69) is 0 Å². The Hall–Kier alpha value is -2.64. The van der Waals surface area contributed by atoms with Crippen molar-refractivity contribution in [2.75, 3.05) is 11.9 Å². The summed E-state index contributed by atoms with van der Waals surface area (Å²) in [5.41, 5.74) is 4.83. The predicted molar refractivity (Wildman–Crippen MR) is 71.7 cm³/mol. The number of nitrogens with zero attached hydrogens (tertiary/aromatic N) is 2. The molecule has 1 amide bonds. The maximum absolute atomic E-state index is 11.1. The molecule has 0 saturated carbocycles. The maximum Gasteiger partial charge on any atom is 0.326 e. The zero-order valence-electron chi connectivity index (χ0n) is 11.1. The molecule has 3 N–H and O–H groups in total. The van der Waals surface area contributed by atoms with Crippen LogP contribution in [0.5, 0.6) is 0 Å². The van der Waals surface area contributed by atoms with E-state index in [1.807, 2.05) is 0 Å². The van der Waals surface area contributed by atoms with Crippen molar-refractivity contribution in [3.05, 3.63) is 33.9 Å². The second kappa shape index (κ2) is 6.00. The summed E-state index contributed by atoms with van der Waals surface area (Å²) in [5, 5.41) is 20.2. The molecule has 0 aromatic heterocycles. The summed E-state index contributed by atoms with van der Waals surface area (Å²) >= 11 is 0. The van der Waals surface area contributed by atoms with Crippen molar-refractivity contribution in [2.24, 2.45) is 5.73 Å². The van der Waals surface area contributed by atoms with E-state index in [1.54, 1.807) is 6.92 Å². The molecule has 0 spiro atoms. The first kappa shape index (κ1) is 15.4. The van der Waals surface area contributed by atoms with Gasteiger partial charge in [-0.1, -0.05) is 6.92 Å². The average molecular weight is 281 g/mol. The number of hydrogen-bond acceptors (Lipinski definition) is 5. The Balaban J connectivity index is 3.33. The summed E-state index contributed by atoms with van der Waals surface area (Å²) in [5.74, 6) is -1.86. The van der Waals surface area contributed by atoms with Crippen molar-refractivity contribution in [1.82, 2.24) is 0 Å². The van der Waals surface area contributed by atoms with Gasteiger partial charge in [-0.3, -0.25) is 14.9 Å². The standard InChI is InChI=1S/C12H15N3O5/c1-3-8(12(17)18)14(2)9-5-4-7(11(13)16)6-10(9)15(19)20/h4-6,8H,3H2,1-2H3,(H2,13,16)(H,17,18). The van der Waals surface area contributed by atoms with E-state index >= 15 is 0 Å². The molecule has 0 heterocycles. The van der Waals surface area contributed by atoms with Crippen molar-refractivity contribution in [3.63, 3.8) is 0 Å². The number of amides is 1. The third-order valence-electron chi connectivity index (χ3n) is 2.98. The highest BCUT2D eigenvalue weighted by Gasteiger charge is 2.27. The molecule has 8 nitrogen and oxygen atoms in total. The predicted octanol–water partition coefficient (Wildman–Crippen LogP) is 0.993. The van der Waals surface area contributed by atoms with Crippen molar-refractivity contribution in [2.45, 2.75) is 19.4 Å². The summed E-state index contributed by atoms with van der Waals surface area (Å²) < 4.78 is 0. The van der Waals surface area contributed by atoms with Crippen LogP contribution >= 0.6 is 0 Å². The van der Waals surface area contributed by atoms with E-state index < -0.39 is 22.8 Å². The fourth-order valence-electron chi connectivity index (χ4n) is 1.90. The van der Waals surface area contributed by atoms with Crippen LogP contribution in [0.1, 0.15) is 23.7 Å². The molecule has 1 rings (SSSR count). The Morgan fingerprint density at radius 1 is 1.50 bits per heavy atom. The van der Waals surface area contributed by atoms with Gasteiger partial charge in [0, 0.05) is 18.7 Å². The largest absolute Gasteiger partial charge is 0.480 e. The number of primary amides is 1. The van der Waals surface area contributed by atoms with E-state index in [0.29, 0.717) is 0 Å². The lowest BCUT2D eigenvalue weighted by molar-refractivity contribution is -0.384. The molecule has 0 aliphatic carbocycles. The zero-order valence-corrected chi connectivity index (χ0v) is 11.1. The average Bonchev–Trinajstić information content (AvgIpc) is 2.37. The molecule has 1 aromatic carbocycles. The quantitative estimate of drug-likeness (QED) is 0.591. The van der Waals surface area contributed by atoms with Gasteiger partial charge in [0.2, 0.25) is 5.91 Å². The first-order valence-corrected chi connectivity index (χ1v) is 5.83. The first-order valence-electron chi connectivity index (χ1n) is 5.83. The topological polar surface area (TPSA) is 127 Å². The highest BCUT2D eigenvalue weighted by atomic mass is 16.6. The van der Waals surface area contributed by atoms with Crippen LogP contribution in [0.4, 0.5) is 11.4 Å². The number of nitrogens with two attached hydrogens (primary N) is 1. The lowest BCUT2D eigenvalue weighted by Crippen LogP contribution is -2.38. The number of likely N-dealkylation sites (N-methyl/N-ethyl adjacent to an activating group) is 1.